The molecular formula is C12H14F2N2O4. The number of carbonyl (C=O) groups excluding carboxylic acids is 1. The average molecular weight is 288 g/mol. The van der Waals surface area contributed by atoms with Gasteiger partial charge in [0.05, 0.1) is 6.54 Å². The zero-order valence-corrected chi connectivity index (χ0v) is 10.6. The fourth-order valence-corrected chi connectivity index (χ4v) is 1.23. The van der Waals surface area contributed by atoms with Crippen molar-refractivity contribution >= 4 is 12.0 Å². The molecule has 0 bridgehead atoms. The first-order valence-corrected chi connectivity index (χ1v) is 5.64. The number of benzene rings is 1. The van der Waals surface area contributed by atoms with Crippen LogP contribution in [0.3, 0.4) is 0 Å². The van der Waals surface area contributed by atoms with Crippen molar-refractivity contribution < 1.29 is 28.6 Å². The summed E-state index contributed by atoms with van der Waals surface area (Å²) < 4.78 is 25.9. The van der Waals surface area contributed by atoms with E-state index in [4.69, 9.17) is 5.11 Å². The largest absolute Gasteiger partial charge is 0.479 e. The number of carboxylic acid groups (broad SMARTS) is 1. The maximum atomic E-state index is 13.3. The number of aliphatic hydroxyl groups is 1. The Morgan fingerprint density at radius 1 is 1.30 bits per heavy atom. The Labute approximate surface area is 113 Å². The summed E-state index contributed by atoms with van der Waals surface area (Å²) in [7, 11) is 0. The summed E-state index contributed by atoms with van der Waals surface area (Å²) in [5, 5.41) is 22.4. The number of urea groups is 1. The van der Waals surface area contributed by atoms with E-state index in [1.54, 1.807) is 0 Å². The fraction of sp³-hybridized carbons (Fsp3) is 0.333. The van der Waals surface area contributed by atoms with Crippen LogP contribution in [0.5, 0.6) is 0 Å². The molecule has 1 atom stereocenters. The van der Waals surface area contributed by atoms with Crippen molar-refractivity contribution in [2.45, 2.75) is 19.1 Å². The quantitative estimate of drug-likeness (QED) is 0.637. The molecule has 110 valence electrons. The van der Waals surface area contributed by atoms with Gasteiger partial charge in [0.1, 0.15) is 11.6 Å². The number of aliphatic carboxylic acids is 1. The summed E-state index contributed by atoms with van der Waals surface area (Å²) >= 11 is 0. The molecule has 0 aliphatic carbocycles. The van der Waals surface area contributed by atoms with E-state index >= 15 is 0 Å². The van der Waals surface area contributed by atoms with Gasteiger partial charge in [0.2, 0.25) is 0 Å². The molecule has 20 heavy (non-hydrogen) atoms. The van der Waals surface area contributed by atoms with Gasteiger partial charge in [-0.2, -0.15) is 0 Å². The van der Waals surface area contributed by atoms with Crippen molar-refractivity contribution in [1.29, 1.82) is 0 Å². The van der Waals surface area contributed by atoms with Crippen LogP contribution >= 0.6 is 0 Å². The summed E-state index contributed by atoms with van der Waals surface area (Å²) in [4.78, 5) is 21.9. The summed E-state index contributed by atoms with van der Waals surface area (Å²) in [6.45, 7) is 0.308. The Bertz CT molecular complexity index is 520. The topological polar surface area (TPSA) is 98.7 Å². The van der Waals surface area contributed by atoms with Crippen molar-refractivity contribution in [3.63, 3.8) is 0 Å². The van der Waals surface area contributed by atoms with Crippen LogP contribution in [0.2, 0.25) is 0 Å². The Morgan fingerprint density at radius 2 is 1.95 bits per heavy atom. The van der Waals surface area contributed by atoms with E-state index in [-0.39, 0.29) is 12.1 Å². The predicted octanol–water partition coefficient (Wildman–Crippen LogP) is 0.600. The molecule has 8 heteroatoms. The van der Waals surface area contributed by atoms with Crippen LogP contribution in [0, 0.1) is 11.6 Å². The molecule has 0 radical (unpaired) electrons. The van der Waals surface area contributed by atoms with Gasteiger partial charge in [-0.1, -0.05) is 6.07 Å². The number of halogens is 2. The zero-order valence-electron chi connectivity index (χ0n) is 10.6. The minimum absolute atomic E-state index is 0.0755. The summed E-state index contributed by atoms with van der Waals surface area (Å²) in [6.07, 6.45) is 0. The maximum absolute atomic E-state index is 13.3. The summed E-state index contributed by atoms with van der Waals surface area (Å²) in [6, 6.07) is 2.13. The number of nitrogens with one attached hydrogen (secondary N) is 2. The van der Waals surface area contributed by atoms with Gasteiger partial charge in [0.15, 0.2) is 5.60 Å². The minimum Gasteiger partial charge on any atom is -0.479 e. The molecule has 1 rings (SSSR count). The first kappa shape index (κ1) is 15.8. The highest BCUT2D eigenvalue weighted by Gasteiger charge is 2.30. The molecule has 0 spiro atoms. The van der Waals surface area contributed by atoms with Crippen molar-refractivity contribution in [3.8, 4) is 0 Å². The predicted molar refractivity (Wildman–Crippen MR) is 64.9 cm³/mol. The van der Waals surface area contributed by atoms with Gasteiger partial charge in [-0.05, 0) is 13.0 Å². The fourth-order valence-electron chi connectivity index (χ4n) is 1.23. The number of carboxylic acids is 1. The molecular weight excluding hydrogens is 274 g/mol. The lowest BCUT2D eigenvalue weighted by molar-refractivity contribution is -0.155. The van der Waals surface area contributed by atoms with Crippen LogP contribution in [0.15, 0.2) is 18.2 Å². The highest BCUT2D eigenvalue weighted by atomic mass is 19.1. The molecule has 0 aromatic heterocycles. The molecule has 1 unspecified atom stereocenters. The normalized spacial score (nSPS) is 13.4. The van der Waals surface area contributed by atoms with Crippen LogP contribution in [-0.4, -0.2) is 34.4 Å². The molecule has 1 aromatic carbocycles. The van der Waals surface area contributed by atoms with E-state index in [0.29, 0.717) is 6.07 Å². The first-order chi connectivity index (χ1) is 9.22. The van der Waals surface area contributed by atoms with E-state index in [1.165, 1.54) is 6.07 Å². The van der Waals surface area contributed by atoms with Crippen LogP contribution < -0.4 is 10.6 Å². The van der Waals surface area contributed by atoms with Gasteiger partial charge in [0, 0.05) is 18.2 Å². The second-order valence-corrected chi connectivity index (χ2v) is 4.35. The SMILES string of the molecule is CC(O)(CNC(=O)NCc1ccc(F)cc1F)C(=O)O. The lowest BCUT2D eigenvalue weighted by Crippen LogP contribution is -2.49. The second kappa shape index (κ2) is 6.29. The lowest BCUT2D eigenvalue weighted by atomic mass is 10.1. The van der Waals surface area contributed by atoms with Gasteiger partial charge in [-0.25, -0.2) is 18.4 Å². The smallest absolute Gasteiger partial charge is 0.337 e. The van der Waals surface area contributed by atoms with Crippen LogP contribution in [0.1, 0.15) is 12.5 Å². The number of hydrogen-bond acceptors (Lipinski definition) is 3. The third kappa shape index (κ3) is 4.47. The van der Waals surface area contributed by atoms with Gasteiger partial charge >= 0.3 is 12.0 Å². The first-order valence-electron chi connectivity index (χ1n) is 5.64. The van der Waals surface area contributed by atoms with Crippen molar-refractivity contribution in [2.75, 3.05) is 6.54 Å². The van der Waals surface area contributed by atoms with Gasteiger partial charge in [0.25, 0.3) is 0 Å². The number of rotatable bonds is 5. The lowest BCUT2D eigenvalue weighted by Gasteiger charge is -2.18. The standard InChI is InChI=1S/C12H14F2N2O4/c1-12(20,10(17)18)6-16-11(19)15-5-7-2-3-8(13)4-9(7)14/h2-4,20H,5-6H2,1H3,(H,17,18)(H2,15,16,19). The number of hydrogen-bond donors (Lipinski definition) is 4. The number of carbonyl (C=O) groups is 2. The number of amides is 2. The molecule has 0 saturated heterocycles. The van der Waals surface area contributed by atoms with E-state index in [9.17, 15) is 23.5 Å². The van der Waals surface area contributed by atoms with Crippen LogP contribution in [-0.2, 0) is 11.3 Å². The Kier molecular flexibility index (Phi) is 4.98. The highest BCUT2D eigenvalue weighted by molar-refractivity contribution is 5.79. The van der Waals surface area contributed by atoms with Crippen molar-refractivity contribution in [3.05, 3.63) is 35.4 Å². The van der Waals surface area contributed by atoms with Gasteiger partial charge in [-0.15, -0.1) is 0 Å². The monoisotopic (exact) mass is 288 g/mol. The Balaban J connectivity index is 2.46. The molecule has 0 heterocycles. The Morgan fingerprint density at radius 3 is 2.50 bits per heavy atom. The van der Waals surface area contributed by atoms with E-state index < -0.39 is 35.8 Å². The third-order valence-electron chi connectivity index (χ3n) is 2.51. The van der Waals surface area contributed by atoms with Crippen molar-refractivity contribution in [1.82, 2.24) is 10.6 Å². The van der Waals surface area contributed by atoms with Crippen LogP contribution in [0.25, 0.3) is 0 Å². The molecule has 6 nitrogen and oxygen atoms in total. The molecule has 0 saturated carbocycles. The second-order valence-electron chi connectivity index (χ2n) is 4.35. The van der Waals surface area contributed by atoms with Crippen LogP contribution in [0.4, 0.5) is 13.6 Å². The zero-order chi connectivity index (χ0) is 15.3. The van der Waals surface area contributed by atoms with Gasteiger partial charge < -0.3 is 20.8 Å². The molecule has 0 aliphatic rings. The maximum Gasteiger partial charge on any atom is 0.337 e. The molecule has 0 fully saturated rings. The van der Waals surface area contributed by atoms with Crippen molar-refractivity contribution in [2.24, 2.45) is 0 Å². The molecule has 1 aromatic rings. The van der Waals surface area contributed by atoms with E-state index in [2.05, 4.69) is 10.6 Å². The minimum atomic E-state index is -2.10. The average Bonchev–Trinajstić information content (AvgIpc) is 2.35. The summed E-state index contributed by atoms with van der Waals surface area (Å²) in [5.74, 6) is -3.02. The molecule has 2 amide bonds. The highest BCUT2D eigenvalue weighted by Crippen LogP contribution is 2.09. The van der Waals surface area contributed by atoms with E-state index in [0.717, 1.165) is 13.0 Å². The molecule has 0 aliphatic heterocycles. The third-order valence-corrected chi connectivity index (χ3v) is 2.51. The van der Waals surface area contributed by atoms with E-state index in [1.807, 2.05) is 0 Å². The van der Waals surface area contributed by atoms with Gasteiger partial charge in [-0.3, -0.25) is 0 Å². The molecule has 4 N–H and O–H groups in total. The summed E-state index contributed by atoms with van der Waals surface area (Å²) in [5.41, 5.74) is -2.02. The Hall–Kier alpha value is -2.22.